The van der Waals surface area contributed by atoms with Gasteiger partial charge in [0.2, 0.25) is 0 Å². The fourth-order valence-corrected chi connectivity index (χ4v) is 2.97. The van der Waals surface area contributed by atoms with Gasteiger partial charge < -0.3 is 10.3 Å². The van der Waals surface area contributed by atoms with Gasteiger partial charge in [0.05, 0.1) is 15.9 Å². The highest BCUT2D eigenvalue weighted by Gasteiger charge is 2.11. The van der Waals surface area contributed by atoms with Gasteiger partial charge in [-0.2, -0.15) is 0 Å². The van der Waals surface area contributed by atoms with Crippen molar-refractivity contribution in [3.63, 3.8) is 0 Å². The lowest BCUT2D eigenvalue weighted by atomic mass is 10.1. The van der Waals surface area contributed by atoms with Gasteiger partial charge in [0.25, 0.3) is 11.2 Å². The number of hydrogen-bond donors (Lipinski definition) is 1. The predicted molar refractivity (Wildman–Crippen MR) is 82.7 cm³/mol. The van der Waals surface area contributed by atoms with E-state index in [1.165, 1.54) is 22.8 Å². The Hall–Kier alpha value is -1.67. The quantitative estimate of drug-likeness (QED) is 0.485. The van der Waals surface area contributed by atoms with Gasteiger partial charge >= 0.3 is 0 Å². The summed E-state index contributed by atoms with van der Waals surface area (Å²) in [7, 11) is 0. The molecule has 6 nitrogen and oxygen atoms in total. The first kappa shape index (κ1) is 14.7. The van der Waals surface area contributed by atoms with Crippen molar-refractivity contribution < 1.29 is 4.92 Å². The fourth-order valence-electron chi connectivity index (χ4n) is 1.71. The van der Waals surface area contributed by atoms with Crippen molar-refractivity contribution in [2.45, 2.75) is 6.54 Å². The topological polar surface area (TPSA) is 91.2 Å². The Morgan fingerprint density at radius 2 is 2.00 bits per heavy atom. The first-order chi connectivity index (χ1) is 9.38. The van der Waals surface area contributed by atoms with Crippen LogP contribution in [0, 0.1) is 10.1 Å². The molecule has 0 bridgehead atoms. The van der Waals surface area contributed by atoms with Gasteiger partial charge in [-0.1, -0.05) is 0 Å². The number of aromatic nitrogens is 1. The number of halogens is 2. The second-order valence-electron chi connectivity index (χ2n) is 4.08. The van der Waals surface area contributed by atoms with Crippen LogP contribution in [0.3, 0.4) is 0 Å². The molecule has 0 aliphatic heterocycles. The Balaban J connectivity index is 2.47. The number of nitrogens with zero attached hydrogens (tertiary/aromatic N) is 2. The van der Waals surface area contributed by atoms with Gasteiger partial charge in [-0.25, -0.2) is 0 Å². The van der Waals surface area contributed by atoms with Crippen LogP contribution in [0.2, 0.25) is 0 Å². The lowest BCUT2D eigenvalue weighted by molar-refractivity contribution is -0.384. The fraction of sp³-hybridized carbons (Fsp3) is 0.0833. The van der Waals surface area contributed by atoms with Crippen molar-refractivity contribution in [2.75, 3.05) is 5.73 Å². The number of pyridine rings is 1. The van der Waals surface area contributed by atoms with E-state index in [0.29, 0.717) is 20.2 Å². The molecule has 0 saturated carbocycles. The molecule has 0 atom stereocenters. The smallest absolute Gasteiger partial charge is 0.269 e. The molecule has 0 fully saturated rings. The molecular formula is C12H9Br2N3O3. The van der Waals surface area contributed by atoms with Gasteiger partial charge in [0.1, 0.15) is 0 Å². The molecule has 0 saturated heterocycles. The Labute approximate surface area is 130 Å². The summed E-state index contributed by atoms with van der Waals surface area (Å²) in [5, 5.41) is 10.8. The molecule has 0 radical (unpaired) electrons. The molecule has 2 N–H and O–H groups in total. The van der Waals surface area contributed by atoms with Gasteiger partial charge in [-0.3, -0.25) is 14.9 Å². The van der Waals surface area contributed by atoms with Crippen LogP contribution in [-0.2, 0) is 6.54 Å². The minimum absolute atomic E-state index is 0.0590. The van der Waals surface area contributed by atoms with Gasteiger partial charge in [0, 0.05) is 34.1 Å². The molecule has 0 amide bonds. The lowest BCUT2D eigenvalue weighted by Crippen LogP contribution is -2.21. The summed E-state index contributed by atoms with van der Waals surface area (Å²) < 4.78 is 2.53. The third kappa shape index (κ3) is 3.07. The summed E-state index contributed by atoms with van der Waals surface area (Å²) in [4.78, 5) is 22.3. The number of benzene rings is 1. The molecule has 8 heteroatoms. The van der Waals surface area contributed by atoms with Crippen LogP contribution in [0.25, 0.3) is 0 Å². The molecule has 2 aromatic rings. The maximum Gasteiger partial charge on any atom is 0.269 e. The van der Waals surface area contributed by atoms with E-state index >= 15 is 0 Å². The largest absolute Gasteiger partial charge is 0.398 e. The first-order valence-electron chi connectivity index (χ1n) is 5.47. The average Bonchev–Trinajstić information content (AvgIpc) is 2.37. The minimum Gasteiger partial charge on any atom is -0.398 e. The highest BCUT2D eigenvalue weighted by atomic mass is 79.9. The highest BCUT2D eigenvalue weighted by molar-refractivity contribution is 9.11. The number of nitro benzene ring substituents is 1. The Morgan fingerprint density at radius 1 is 1.30 bits per heavy atom. The summed E-state index contributed by atoms with van der Waals surface area (Å²) in [6.07, 6.45) is 1.60. The number of nitrogens with two attached hydrogens (primary N) is 1. The lowest BCUT2D eigenvalue weighted by Gasteiger charge is -2.09. The maximum atomic E-state index is 12.0. The van der Waals surface area contributed by atoms with Crippen LogP contribution >= 0.6 is 31.9 Å². The Morgan fingerprint density at radius 3 is 2.65 bits per heavy atom. The molecule has 0 aliphatic rings. The van der Waals surface area contributed by atoms with E-state index in [1.54, 1.807) is 12.3 Å². The van der Waals surface area contributed by atoms with Crippen LogP contribution < -0.4 is 11.3 Å². The molecule has 20 heavy (non-hydrogen) atoms. The zero-order chi connectivity index (χ0) is 14.9. The average molecular weight is 403 g/mol. The van der Waals surface area contributed by atoms with Crippen molar-refractivity contribution >= 4 is 43.2 Å². The summed E-state index contributed by atoms with van der Waals surface area (Å²) in [5.74, 6) is 0. The predicted octanol–water partition coefficient (Wildman–Crippen LogP) is 2.91. The van der Waals surface area contributed by atoms with Crippen LogP contribution in [0.5, 0.6) is 0 Å². The van der Waals surface area contributed by atoms with Gasteiger partial charge in [0.15, 0.2) is 0 Å². The molecule has 2 rings (SSSR count). The first-order valence-corrected chi connectivity index (χ1v) is 7.05. The number of anilines is 1. The number of nitro groups is 1. The van der Waals surface area contributed by atoms with E-state index in [0.717, 1.165) is 0 Å². The number of nitrogen functional groups attached to an aromatic ring is 1. The standard InChI is InChI=1S/C12H9Br2N3O3/c13-8-4-10(14)12(18)16(6-8)5-7-3-9(17(19)20)1-2-11(7)15/h1-4,6H,5,15H2. The third-order valence-electron chi connectivity index (χ3n) is 2.69. The van der Waals surface area contributed by atoms with Crippen molar-refractivity contribution in [3.05, 3.63) is 65.4 Å². The molecular weight excluding hydrogens is 394 g/mol. The zero-order valence-corrected chi connectivity index (χ0v) is 13.2. The van der Waals surface area contributed by atoms with E-state index in [-0.39, 0.29) is 17.8 Å². The summed E-state index contributed by atoms with van der Waals surface area (Å²) in [6, 6.07) is 5.80. The normalized spacial score (nSPS) is 10.5. The molecule has 1 heterocycles. The third-order valence-corrected chi connectivity index (χ3v) is 3.69. The second kappa shape index (κ2) is 5.76. The minimum atomic E-state index is -0.497. The van der Waals surface area contributed by atoms with Crippen molar-refractivity contribution in [1.82, 2.24) is 4.57 Å². The molecule has 0 spiro atoms. The zero-order valence-electron chi connectivity index (χ0n) is 10.0. The SMILES string of the molecule is Nc1ccc([N+](=O)[O-])cc1Cn1cc(Br)cc(Br)c1=O. The van der Waals surface area contributed by atoms with Crippen molar-refractivity contribution in [1.29, 1.82) is 0 Å². The van der Waals surface area contributed by atoms with Crippen LogP contribution in [0.15, 0.2) is 44.2 Å². The second-order valence-corrected chi connectivity index (χ2v) is 5.85. The van der Waals surface area contributed by atoms with E-state index < -0.39 is 4.92 Å². The molecule has 1 aromatic carbocycles. The van der Waals surface area contributed by atoms with Crippen molar-refractivity contribution in [3.8, 4) is 0 Å². The molecule has 104 valence electrons. The van der Waals surface area contributed by atoms with Gasteiger partial charge in [-0.05, 0) is 44.0 Å². The Kier molecular flexibility index (Phi) is 4.24. The van der Waals surface area contributed by atoms with E-state index in [1.807, 2.05) is 0 Å². The molecule has 1 aromatic heterocycles. The number of non-ortho nitro benzene ring substituents is 1. The molecule has 0 unspecified atom stereocenters. The number of hydrogen-bond acceptors (Lipinski definition) is 4. The summed E-state index contributed by atoms with van der Waals surface area (Å²) in [6.45, 7) is 0.157. The Bertz CT molecular complexity index is 743. The van der Waals surface area contributed by atoms with E-state index in [4.69, 9.17) is 5.73 Å². The number of rotatable bonds is 3. The van der Waals surface area contributed by atoms with Crippen molar-refractivity contribution in [2.24, 2.45) is 0 Å². The van der Waals surface area contributed by atoms with Gasteiger partial charge in [-0.15, -0.1) is 0 Å². The van der Waals surface area contributed by atoms with Crippen LogP contribution in [-0.4, -0.2) is 9.49 Å². The maximum absolute atomic E-state index is 12.0. The van der Waals surface area contributed by atoms with Crippen LogP contribution in [0.4, 0.5) is 11.4 Å². The highest BCUT2D eigenvalue weighted by Crippen LogP contribution is 2.21. The molecule has 0 aliphatic carbocycles. The summed E-state index contributed by atoms with van der Waals surface area (Å²) >= 11 is 6.45. The van der Waals surface area contributed by atoms with E-state index in [9.17, 15) is 14.9 Å². The monoisotopic (exact) mass is 401 g/mol. The summed E-state index contributed by atoms with van der Waals surface area (Å²) in [5.41, 5.74) is 6.43. The van der Waals surface area contributed by atoms with E-state index in [2.05, 4.69) is 31.9 Å². The van der Waals surface area contributed by atoms with Crippen LogP contribution in [0.1, 0.15) is 5.56 Å².